The molecule has 0 saturated heterocycles. The van der Waals surface area contributed by atoms with E-state index >= 15 is 0 Å². The normalized spacial score (nSPS) is 19.9. The van der Waals surface area contributed by atoms with Crippen LogP contribution in [0.25, 0.3) is 0 Å². The van der Waals surface area contributed by atoms with Gasteiger partial charge in [0.1, 0.15) is 12.2 Å². The first kappa shape index (κ1) is 27.0. The molecule has 212 valence electrons. The summed E-state index contributed by atoms with van der Waals surface area (Å²) in [7, 11) is 1.94. The first-order valence-electron chi connectivity index (χ1n) is 14.4. The van der Waals surface area contributed by atoms with Crippen LogP contribution in [-0.4, -0.2) is 26.2 Å². The Bertz CT molecular complexity index is 1400. The molecule has 40 heavy (non-hydrogen) atoms. The van der Waals surface area contributed by atoms with Crippen LogP contribution >= 0.6 is 0 Å². The highest BCUT2D eigenvalue weighted by atomic mass is 19.4. The Morgan fingerprint density at radius 3 is 2.52 bits per heavy atom. The maximum Gasteiger partial charge on any atom is 0.416 e. The zero-order valence-corrected chi connectivity index (χ0v) is 23.1. The van der Waals surface area contributed by atoms with Crippen molar-refractivity contribution in [2.75, 3.05) is 4.90 Å². The molecule has 2 fully saturated rings. The molecule has 0 spiro atoms. The lowest BCUT2D eigenvalue weighted by molar-refractivity contribution is -0.138. The van der Waals surface area contributed by atoms with Gasteiger partial charge in [-0.3, -0.25) is 4.79 Å². The number of carbonyl (C=O) groups excluding carboxylic acids is 1. The van der Waals surface area contributed by atoms with Crippen molar-refractivity contribution in [2.45, 2.75) is 89.0 Å². The second-order valence-electron chi connectivity index (χ2n) is 12.1. The highest BCUT2D eigenvalue weighted by molar-refractivity contribution is 6.10. The van der Waals surface area contributed by atoms with Crippen LogP contribution in [0.3, 0.4) is 0 Å². The smallest absolute Gasteiger partial charge is 0.320 e. The Morgan fingerprint density at radius 2 is 1.88 bits per heavy atom. The van der Waals surface area contributed by atoms with E-state index in [-0.39, 0.29) is 35.0 Å². The van der Waals surface area contributed by atoms with Gasteiger partial charge in [-0.05, 0) is 85.9 Å². The van der Waals surface area contributed by atoms with Crippen molar-refractivity contribution < 1.29 is 18.0 Å². The number of anilines is 1. The summed E-state index contributed by atoms with van der Waals surface area (Å²) in [5.74, 6) is 0.880. The number of alkyl halides is 3. The van der Waals surface area contributed by atoms with E-state index in [4.69, 9.17) is 0 Å². The van der Waals surface area contributed by atoms with Crippen LogP contribution in [-0.2, 0) is 26.3 Å². The molecule has 1 aliphatic heterocycles. The standard InChI is InChI=1S/C31H36F3N5O/c1-30(12-7-13-30)35-17-20-14-24-25(26(15-20)31(32,33)34)18-39(29(24)40)23-11-6-10-22(16-23)27(21-8-4-3-5-9-21)28-37-36-19-38(28)2/h6,10-11,14-16,19,21,27,35H,3-5,7-9,12-13,17-18H2,1-2H3/t27-/m0/s1. The number of nitrogens with zero attached hydrogens (tertiary/aromatic N) is 4. The van der Waals surface area contributed by atoms with Crippen molar-refractivity contribution in [1.82, 2.24) is 20.1 Å². The van der Waals surface area contributed by atoms with E-state index in [0.717, 1.165) is 56.3 Å². The van der Waals surface area contributed by atoms with Gasteiger partial charge in [-0.2, -0.15) is 13.2 Å². The summed E-state index contributed by atoms with van der Waals surface area (Å²) in [6.07, 6.45) is 5.99. The number of fused-ring (bicyclic) bond motifs is 1. The molecule has 2 heterocycles. The highest BCUT2D eigenvalue weighted by Gasteiger charge is 2.41. The van der Waals surface area contributed by atoms with Gasteiger partial charge in [0, 0.05) is 36.3 Å². The van der Waals surface area contributed by atoms with Crippen molar-refractivity contribution in [3.05, 3.63) is 76.4 Å². The number of nitrogens with one attached hydrogen (secondary N) is 1. The molecule has 1 N–H and O–H groups in total. The van der Waals surface area contributed by atoms with E-state index in [1.807, 2.05) is 35.9 Å². The monoisotopic (exact) mass is 551 g/mol. The van der Waals surface area contributed by atoms with Crippen LogP contribution in [0.5, 0.6) is 0 Å². The third-order valence-electron chi connectivity index (χ3n) is 9.27. The summed E-state index contributed by atoms with van der Waals surface area (Å²) in [4.78, 5) is 15.2. The fraction of sp³-hybridized carbons (Fsp3) is 0.516. The molecule has 9 heteroatoms. The number of aryl methyl sites for hydroxylation is 1. The van der Waals surface area contributed by atoms with Crippen molar-refractivity contribution in [3.63, 3.8) is 0 Å². The zero-order chi connectivity index (χ0) is 28.1. The summed E-state index contributed by atoms with van der Waals surface area (Å²) in [6.45, 7) is 2.29. The highest BCUT2D eigenvalue weighted by Crippen LogP contribution is 2.43. The van der Waals surface area contributed by atoms with Gasteiger partial charge in [-0.1, -0.05) is 31.4 Å². The van der Waals surface area contributed by atoms with E-state index in [9.17, 15) is 18.0 Å². The van der Waals surface area contributed by atoms with Crippen LogP contribution in [0.4, 0.5) is 18.9 Å². The zero-order valence-electron chi connectivity index (χ0n) is 23.1. The predicted molar refractivity (Wildman–Crippen MR) is 147 cm³/mol. The summed E-state index contributed by atoms with van der Waals surface area (Å²) >= 11 is 0. The summed E-state index contributed by atoms with van der Waals surface area (Å²) in [6, 6.07) is 10.6. The number of hydrogen-bond acceptors (Lipinski definition) is 4. The minimum absolute atomic E-state index is 0.00381. The SMILES string of the molecule is Cn1cnnc1[C@H](c1cccc(N2Cc3c(cc(CNC4(C)CCC4)cc3C(F)(F)F)C2=O)c1)C1CCCCC1. The van der Waals surface area contributed by atoms with E-state index in [1.54, 1.807) is 12.4 Å². The maximum absolute atomic E-state index is 14.2. The predicted octanol–water partition coefficient (Wildman–Crippen LogP) is 6.74. The van der Waals surface area contributed by atoms with Crippen LogP contribution in [0.15, 0.2) is 42.7 Å². The van der Waals surface area contributed by atoms with Gasteiger partial charge in [-0.25, -0.2) is 0 Å². The number of hydrogen-bond donors (Lipinski definition) is 1. The average Bonchev–Trinajstić information content (AvgIpc) is 3.49. The van der Waals surface area contributed by atoms with Crippen LogP contribution in [0, 0.1) is 5.92 Å². The minimum atomic E-state index is -4.55. The molecule has 3 aromatic rings. The maximum atomic E-state index is 14.2. The molecule has 6 rings (SSSR count). The molecule has 0 unspecified atom stereocenters. The molecule has 2 aliphatic carbocycles. The largest absolute Gasteiger partial charge is 0.416 e. The van der Waals surface area contributed by atoms with Crippen LogP contribution < -0.4 is 10.2 Å². The molecule has 2 aromatic carbocycles. The quantitative estimate of drug-likeness (QED) is 0.353. The number of benzene rings is 2. The topological polar surface area (TPSA) is 63.1 Å². The van der Waals surface area contributed by atoms with E-state index in [2.05, 4.69) is 22.4 Å². The average molecular weight is 552 g/mol. The van der Waals surface area contributed by atoms with Crippen molar-refractivity contribution in [3.8, 4) is 0 Å². The summed E-state index contributed by atoms with van der Waals surface area (Å²) < 4.78 is 44.7. The number of amides is 1. The molecule has 0 bridgehead atoms. The number of carbonyl (C=O) groups is 1. The second kappa shape index (κ2) is 10.3. The van der Waals surface area contributed by atoms with Gasteiger partial charge >= 0.3 is 6.18 Å². The van der Waals surface area contributed by atoms with Gasteiger partial charge < -0.3 is 14.8 Å². The van der Waals surface area contributed by atoms with Crippen LogP contribution in [0.1, 0.15) is 103 Å². The Balaban J connectivity index is 1.33. The molecule has 1 aromatic heterocycles. The molecule has 3 aliphatic rings. The van der Waals surface area contributed by atoms with Crippen molar-refractivity contribution in [1.29, 1.82) is 0 Å². The van der Waals surface area contributed by atoms with Gasteiger partial charge in [0.15, 0.2) is 0 Å². The minimum Gasteiger partial charge on any atom is -0.320 e. The second-order valence-corrected chi connectivity index (χ2v) is 12.1. The van der Waals surface area contributed by atoms with Gasteiger partial charge in [0.25, 0.3) is 5.91 Å². The van der Waals surface area contributed by atoms with Crippen LogP contribution in [0.2, 0.25) is 0 Å². The Morgan fingerprint density at radius 1 is 1.10 bits per heavy atom. The number of halogens is 3. The van der Waals surface area contributed by atoms with E-state index < -0.39 is 11.7 Å². The molecule has 1 atom stereocenters. The number of rotatable bonds is 7. The fourth-order valence-corrected chi connectivity index (χ4v) is 6.79. The Labute approximate surface area is 233 Å². The van der Waals surface area contributed by atoms with E-state index in [0.29, 0.717) is 23.7 Å². The Hall–Kier alpha value is -3.20. The number of aromatic nitrogens is 3. The molecular formula is C31H36F3N5O. The fourth-order valence-electron chi connectivity index (χ4n) is 6.79. The summed E-state index contributed by atoms with van der Waals surface area (Å²) in [5.41, 5.74) is 1.54. The first-order chi connectivity index (χ1) is 19.1. The van der Waals surface area contributed by atoms with Gasteiger partial charge in [0.05, 0.1) is 12.1 Å². The van der Waals surface area contributed by atoms with Gasteiger partial charge in [0.2, 0.25) is 0 Å². The third kappa shape index (κ3) is 5.04. The Kier molecular flexibility index (Phi) is 6.97. The van der Waals surface area contributed by atoms with Crippen molar-refractivity contribution >= 4 is 11.6 Å². The van der Waals surface area contributed by atoms with Crippen molar-refractivity contribution in [2.24, 2.45) is 13.0 Å². The molecule has 0 radical (unpaired) electrons. The molecule has 2 saturated carbocycles. The lowest BCUT2D eigenvalue weighted by Crippen LogP contribution is -2.47. The third-order valence-corrected chi connectivity index (χ3v) is 9.27. The molecule has 6 nitrogen and oxygen atoms in total. The first-order valence-corrected chi connectivity index (χ1v) is 14.4. The molecular weight excluding hydrogens is 515 g/mol. The lowest BCUT2D eigenvalue weighted by atomic mass is 9.76. The van der Waals surface area contributed by atoms with Gasteiger partial charge in [-0.15, -0.1) is 10.2 Å². The summed E-state index contributed by atoms with van der Waals surface area (Å²) in [5, 5.41) is 12.0. The lowest BCUT2D eigenvalue weighted by Gasteiger charge is -2.39. The van der Waals surface area contributed by atoms with E-state index in [1.165, 1.54) is 17.4 Å². The molecule has 1 amide bonds.